The maximum atomic E-state index is 12.5. The fraction of sp³-hybridized carbons (Fsp3) is 0.857. The minimum absolute atomic E-state index is 0.0500. The highest BCUT2D eigenvalue weighted by Gasteiger charge is 2.46. The first-order valence-electron chi connectivity index (χ1n) is 7.17. The Hall–Kier alpha value is -1.10. The third-order valence-corrected chi connectivity index (χ3v) is 4.29. The van der Waals surface area contributed by atoms with Crippen molar-refractivity contribution in [1.82, 2.24) is 10.2 Å². The predicted octanol–water partition coefficient (Wildman–Crippen LogP) is 0.929. The first-order chi connectivity index (χ1) is 8.96. The van der Waals surface area contributed by atoms with Gasteiger partial charge in [0, 0.05) is 19.8 Å². The average Bonchev–Trinajstić information content (AvgIpc) is 2.40. The molecule has 1 atom stereocenters. The van der Waals surface area contributed by atoms with Gasteiger partial charge in [-0.25, -0.2) is 0 Å². The molecule has 1 unspecified atom stereocenters. The van der Waals surface area contributed by atoms with E-state index in [1.165, 1.54) is 0 Å². The molecule has 2 heterocycles. The monoisotopic (exact) mass is 268 g/mol. The second-order valence-corrected chi connectivity index (χ2v) is 6.00. The largest absolute Gasteiger partial charge is 0.381 e. The van der Waals surface area contributed by atoms with Crippen LogP contribution in [0.2, 0.25) is 0 Å². The van der Waals surface area contributed by atoms with Crippen molar-refractivity contribution in [3.63, 3.8) is 0 Å². The van der Waals surface area contributed by atoms with E-state index in [2.05, 4.69) is 5.32 Å². The number of nitrogens with one attached hydrogen (secondary N) is 1. The van der Waals surface area contributed by atoms with Crippen molar-refractivity contribution in [3.8, 4) is 0 Å². The van der Waals surface area contributed by atoms with Gasteiger partial charge in [0.1, 0.15) is 11.6 Å². The van der Waals surface area contributed by atoms with Crippen LogP contribution in [-0.2, 0) is 14.3 Å². The Morgan fingerprint density at radius 2 is 1.95 bits per heavy atom. The number of rotatable bonds is 3. The zero-order chi connectivity index (χ0) is 14.0. The molecule has 5 nitrogen and oxygen atoms in total. The van der Waals surface area contributed by atoms with Crippen LogP contribution >= 0.6 is 0 Å². The summed E-state index contributed by atoms with van der Waals surface area (Å²) in [5.74, 6) is 0.449. The summed E-state index contributed by atoms with van der Waals surface area (Å²) in [6.45, 7) is 7.76. The van der Waals surface area contributed by atoms with Crippen LogP contribution in [0, 0.1) is 5.92 Å². The lowest BCUT2D eigenvalue weighted by molar-refractivity contribution is -0.156. The van der Waals surface area contributed by atoms with Crippen molar-refractivity contribution < 1.29 is 14.3 Å². The lowest BCUT2D eigenvalue weighted by Crippen LogP contribution is -2.68. The maximum Gasteiger partial charge on any atom is 0.246 e. The van der Waals surface area contributed by atoms with Crippen molar-refractivity contribution in [2.45, 2.75) is 51.6 Å². The molecule has 1 N–H and O–H groups in total. The molecule has 19 heavy (non-hydrogen) atoms. The first-order valence-corrected chi connectivity index (χ1v) is 7.17. The molecule has 2 aliphatic rings. The molecule has 2 amide bonds. The van der Waals surface area contributed by atoms with Gasteiger partial charge in [0.2, 0.25) is 11.8 Å². The summed E-state index contributed by atoms with van der Waals surface area (Å²) in [6.07, 6.45) is 2.58. The third kappa shape index (κ3) is 2.76. The van der Waals surface area contributed by atoms with Crippen LogP contribution in [0.1, 0.15) is 40.0 Å². The van der Waals surface area contributed by atoms with Crippen molar-refractivity contribution in [3.05, 3.63) is 0 Å². The van der Waals surface area contributed by atoms with Crippen molar-refractivity contribution in [2.75, 3.05) is 19.8 Å². The van der Waals surface area contributed by atoms with Gasteiger partial charge in [-0.15, -0.1) is 0 Å². The SMILES string of the molecule is CCC1NC(=O)C(C)(C)N(CC2CCOCC2)C1=O. The Morgan fingerprint density at radius 1 is 1.32 bits per heavy atom. The fourth-order valence-electron chi connectivity index (χ4n) is 2.76. The summed E-state index contributed by atoms with van der Waals surface area (Å²) in [6, 6.07) is -0.361. The van der Waals surface area contributed by atoms with E-state index in [9.17, 15) is 9.59 Å². The van der Waals surface area contributed by atoms with Crippen LogP contribution in [0.5, 0.6) is 0 Å². The molecular formula is C14H24N2O3. The highest BCUT2D eigenvalue weighted by atomic mass is 16.5. The number of amides is 2. The lowest BCUT2D eigenvalue weighted by atomic mass is 9.91. The molecule has 108 valence electrons. The summed E-state index contributed by atoms with van der Waals surface area (Å²) < 4.78 is 5.35. The number of ether oxygens (including phenoxy) is 1. The van der Waals surface area contributed by atoms with Crippen LogP contribution in [-0.4, -0.2) is 48.1 Å². The summed E-state index contributed by atoms with van der Waals surface area (Å²) in [5.41, 5.74) is -0.749. The zero-order valence-electron chi connectivity index (χ0n) is 12.1. The van der Waals surface area contributed by atoms with E-state index in [4.69, 9.17) is 4.74 Å². The van der Waals surface area contributed by atoms with Gasteiger partial charge in [0.15, 0.2) is 0 Å². The lowest BCUT2D eigenvalue weighted by Gasteiger charge is -2.45. The molecule has 2 aliphatic heterocycles. The number of nitrogens with zero attached hydrogens (tertiary/aromatic N) is 1. The summed E-state index contributed by atoms with van der Waals surface area (Å²) >= 11 is 0. The number of hydrogen-bond donors (Lipinski definition) is 1. The normalized spacial score (nSPS) is 28.4. The van der Waals surface area contributed by atoms with Crippen molar-refractivity contribution in [1.29, 1.82) is 0 Å². The number of carbonyl (C=O) groups excluding carboxylic acids is 2. The second-order valence-electron chi connectivity index (χ2n) is 6.00. The minimum Gasteiger partial charge on any atom is -0.381 e. The van der Waals surface area contributed by atoms with E-state index in [1.807, 2.05) is 20.8 Å². The first kappa shape index (κ1) is 14.3. The van der Waals surface area contributed by atoms with Crippen LogP contribution in [0.4, 0.5) is 0 Å². The summed E-state index contributed by atoms with van der Waals surface area (Å²) in [7, 11) is 0. The third-order valence-electron chi connectivity index (χ3n) is 4.29. The van der Waals surface area contributed by atoms with E-state index in [0.29, 0.717) is 18.9 Å². The standard InChI is InChI=1S/C14H24N2O3/c1-4-11-12(17)16(14(2,3)13(18)15-11)9-10-5-7-19-8-6-10/h10-11H,4-9H2,1-3H3,(H,15,18). The van der Waals surface area contributed by atoms with E-state index >= 15 is 0 Å². The maximum absolute atomic E-state index is 12.5. The van der Waals surface area contributed by atoms with Crippen molar-refractivity contribution >= 4 is 11.8 Å². The van der Waals surface area contributed by atoms with Gasteiger partial charge in [-0.05, 0) is 39.0 Å². The topological polar surface area (TPSA) is 58.6 Å². The molecular weight excluding hydrogens is 244 g/mol. The van der Waals surface area contributed by atoms with Gasteiger partial charge in [-0.1, -0.05) is 6.92 Å². The Bertz CT molecular complexity index is 362. The van der Waals surface area contributed by atoms with E-state index in [-0.39, 0.29) is 17.9 Å². The van der Waals surface area contributed by atoms with Gasteiger partial charge in [-0.2, -0.15) is 0 Å². The molecule has 0 spiro atoms. The molecule has 0 aromatic heterocycles. The second kappa shape index (κ2) is 5.49. The van der Waals surface area contributed by atoms with Crippen LogP contribution in [0.15, 0.2) is 0 Å². The molecule has 0 radical (unpaired) electrons. The molecule has 0 aromatic rings. The summed E-state index contributed by atoms with van der Waals surface area (Å²) in [4.78, 5) is 26.4. The highest BCUT2D eigenvalue weighted by Crippen LogP contribution is 2.26. The van der Waals surface area contributed by atoms with Crippen LogP contribution < -0.4 is 5.32 Å². The summed E-state index contributed by atoms with van der Waals surface area (Å²) in [5, 5.41) is 2.82. The van der Waals surface area contributed by atoms with Gasteiger partial charge in [0.25, 0.3) is 0 Å². The predicted molar refractivity (Wildman–Crippen MR) is 71.6 cm³/mol. The Labute approximate surface area is 114 Å². The number of carbonyl (C=O) groups is 2. The van der Waals surface area contributed by atoms with Crippen LogP contribution in [0.25, 0.3) is 0 Å². The molecule has 0 bridgehead atoms. The molecule has 5 heteroatoms. The van der Waals surface area contributed by atoms with Gasteiger partial charge in [-0.3, -0.25) is 9.59 Å². The molecule has 2 rings (SSSR count). The van der Waals surface area contributed by atoms with Gasteiger partial charge < -0.3 is 15.0 Å². The van der Waals surface area contributed by atoms with E-state index in [1.54, 1.807) is 4.90 Å². The van der Waals surface area contributed by atoms with E-state index < -0.39 is 5.54 Å². The molecule has 0 aliphatic carbocycles. The minimum atomic E-state index is -0.749. The van der Waals surface area contributed by atoms with Crippen LogP contribution in [0.3, 0.4) is 0 Å². The number of piperazine rings is 1. The number of hydrogen-bond acceptors (Lipinski definition) is 3. The smallest absolute Gasteiger partial charge is 0.246 e. The molecule has 2 saturated heterocycles. The van der Waals surface area contributed by atoms with E-state index in [0.717, 1.165) is 26.1 Å². The molecule has 2 fully saturated rings. The molecule has 0 saturated carbocycles. The average molecular weight is 268 g/mol. The zero-order valence-corrected chi connectivity index (χ0v) is 12.1. The fourth-order valence-corrected chi connectivity index (χ4v) is 2.76. The Kier molecular flexibility index (Phi) is 4.13. The quantitative estimate of drug-likeness (QED) is 0.828. The van der Waals surface area contributed by atoms with Gasteiger partial charge >= 0.3 is 0 Å². The molecule has 0 aromatic carbocycles. The highest BCUT2D eigenvalue weighted by molar-refractivity contribution is 5.99. The Balaban J connectivity index is 2.12. The van der Waals surface area contributed by atoms with Crippen molar-refractivity contribution in [2.24, 2.45) is 5.92 Å². The van der Waals surface area contributed by atoms with Gasteiger partial charge in [0.05, 0.1) is 0 Å². The Morgan fingerprint density at radius 3 is 2.53 bits per heavy atom.